The normalized spacial score (nSPS) is 16.4. The summed E-state index contributed by atoms with van der Waals surface area (Å²) in [4.78, 5) is 4.38. The Labute approximate surface area is 100 Å². The average molecular weight is 319 g/mol. The third kappa shape index (κ3) is 1.34. The van der Waals surface area contributed by atoms with Gasteiger partial charge in [0.15, 0.2) is 0 Å². The minimum absolute atomic E-state index is 0.663. The van der Waals surface area contributed by atoms with Crippen molar-refractivity contribution >= 4 is 45.2 Å². The molecule has 0 saturated heterocycles. The van der Waals surface area contributed by atoms with Crippen LogP contribution >= 0.6 is 34.2 Å². The fourth-order valence-electron chi connectivity index (χ4n) is 1.67. The number of nitrogens with zero attached hydrogens (tertiary/aromatic N) is 2. The molecule has 2 nitrogen and oxygen atoms in total. The molecule has 1 aliphatic rings. The van der Waals surface area contributed by atoms with Crippen molar-refractivity contribution in [2.75, 3.05) is 0 Å². The second-order valence-corrected chi connectivity index (χ2v) is 5.21. The van der Waals surface area contributed by atoms with Gasteiger partial charge in [0.1, 0.15) is 0 Å². The molecule has 1 aliphatic carbocycles. The number of hydrogen-bond donors (Lipinski definition) is 0. The van der Waals surface area contributed by atoms with E-state index in [0.717, 1.165) is 19.6 Å². The van der Waals surface area contributed by atoms with Crippen molar-refractivity contribution in [3.63, 3.8) is 0 Å². The van der Waals surface area contributed by atoms with E-state index in [1.165, 1.54) is 12.8 Å². The first-order chi connectivity index (χ1) is 6.75. The van der Waals surface area contributed by atoms with Crippen LogP contribution in [0.3, 0.4) is 0 Å². The van der Waals surface area contributed by atoms with Crippen molar-refractivity contribution in [1.29, 1.82) is 0 Å². The summed E-state index contributed by atoms with van der Waals surface area (Å²) >= 11 is 8.33. The molecule has 1 heterocycles. The zero-order valence-corrected chi connectivity index (χ0v) is 10.3. The molecule has 1 aromatic heterocycles. The second-order valence-electron chi connectivity index (χ2n) is 3.64. The summed E-state index contributed by atoms with van der Waals surface area (Å²) in [6, 6.07) is 4.72. The lowest BCUT2D eigenvalue weighted by atomic mass is 10.3. The molecule has 0 spiro atoms. The third-order valence-corrected chi connectivity index (χ3v) is 4.08. The Kier molecular flexibility index (Phi) is 1.99. The lowest BCUT2D eigenvalue weighted by Gasteiger charge is -2.01. The molecular weight excluding hydrogens is 310 g/mol. The summed E-state index contributed by atoms with van der Waals surface area (Å²) in [5.74, 6) is 0. The van der Waals surface area contributed by atoms with Crippen molar-refractivity contribution in [1.82, 2.24) is 9.55 Å². The fraction of sp³-hybridized carbons (Fsp3) is 0.300. The van der Waals surface area contributed by atoms with Gasteiger partial charge in [0.05, 0.1) is 22.4 Å². The van der Waals surface area contributed by atoms with E-state index in [2.05, 4.69) is 32.1 Å². The molecule has 0 bridgehead atoms. The van der Waals surface area contributed by atoms with E-state index in [4.69, 9.17) is 11.6 Å². The summed E-state index contributed by atoms with van der Waals surface area (Å²) in [6.07, 6.45) is 4.47. The highest BCUT2D eigenvalue weighted by molar-refractivity contribution is 14.1. The van der Waals surface area contributed by atoms with Crippen LogP contribution in [0.4, 0.5) is 0 Å². The van der Waals surface area contributed by atoms with Gasteiger partial charge in [-0.15, -0.1) is 0 Å². The van der Waals surface area contributed by atoms with Crippen molar-refractivity contribution in [2.24, 2.45) is 0 Å². The van der Waals surface area contributed by atoms with Gasteiger partial charge in [-0.05, 0) is 47.6 Å². The number of benzene rings is 1. The average Bonchev–Trinajstić information content (AvgIpc) is 2.91. The quantitative estimate of drug-likeness (QED) is 0.734. The van der Waals surface area contributed by atoms with Gasteiger partial charge in [0.2, 0.25) is 0 Å². The van der Waals surface area contributed by atoms with E-state index in [1.807, 2.05) is 18.5 Å². The Balaban J connectivity index is 2.29. The number of aromatic nitrogens is 2. The molecule has 0 amide bonds. The summed E-state index contributed by atoms with van der Waals surface area (Å²) in [5, 5.41) is 0.820. The number of hydrogen-bond acceptors (Lipinski definition) is 1. The highest BCUT2D eigenvalue weighted by Crippen LogP contribution is 2.38. The SMILES string of the molecule is Clc1cc2c(cc1I)ncn2C1CC1. The Bertz CT molecular complexity index is 502. The molecule has 0 aliphatic heterocycles. The van der Waals surface area contributed by atoms with Gasteiger partial charge in [-0.1, -0.05) is 11.6 Å². The molecular formula is C10H8ClIN2. The highest BCUT2D eigenvalue weighted by atomic mass is 127. The number of rotatable bonds is 1. The largest absolute Gasteiger partial charge is 0.327 e. The predicted octanol–water partition coefficient (Wildman–Crippen LogP) is 3.63. The zero-order valence-electron chi connectivity index (χ0n) is 7.37. The topological polar surface area (TPSA) is 17.8 Å². The van der Waals surface area contributed by atoms with Crippen LogP contribution in [0.1, 0.15) is 18.9 Å². The molecule has 0 N–H and O–H groups in total. The summed E-state index contributed by atoms with van der Waals surface area (Å²) in [6.45, 7) is 0. The van der Waals surface area contributed by atoms with Crippen LogP contribution in [0, 0.1) is 3.57 Å². The third-order valence-electron chi connectivity index (χ3n) is 2.56. The minimum atomic E-state index is 0.663. The first kappa shape index (κ1) is 8.97. The Morgan fingerprint density at radius 3 is 2.93 bits per heavy atom. The number of imidazole rings is 1. The van der Waals surface area contributed by atoms with E-state index in [9.17, 15) is 0 Å². The maximum absolute atomic E-state index is 6.09. The van der Waals surface area contributed by atoms with Crippen LogP contribution in [0.25, 0.3) is 11.0 Å². The van der Waals surface area contributed by atoms with Crippen molar-refractivity contribution in [2.45, 2.75) is 18.9 Å². The number of halogens is 2. The van der Waals surface area contributed by atoms with Crippen LogP contribution < -0.4 is 0 Å². The lowest BCUT2D eigenvalue weighted by Crippen LogP contribution is -1.90. The van der Waals surface area contributed by atoms with Crippen LogP contribution in [0.2, 0.25) is 5.02 Å². The van der Waals surface area contributed by atoms with Crippen molar-refractivity contribution in [3.05, 3.63) is 27.1 Å². The van der Waals surface area contributed by atoms with Gasteiger partial charge in [-0.3, -0.25) is 0 Å². The zero-order chi connectivity index (χ0) is 9.71. The maximum atomic E-state index is 6.09. The first-order valence-corrected chi connectivity index (χ1v) is 6.03. The fourth-order valence-corrected chi connectivity index (χ4v) is 2.27. The van der Waals surface area contributed by atoms with Crippen LogP contribution in [0.5, 0.6) is 0 Å². The smallest absolute Gasteiger partial charge is 0.0960 e. The van der Waals surface area contributed by atoms with E-state index in [-0.39, 0.29) is 0 Å². The first-order valence-electron chi connectivity index (χ1n) is 4.57. The molecule has 1 saturated carbocycles. The highest BCUT2D eigenvalue weighted by Gasteiger charge is 2.25. The van der Waals surface area contributed by atoms with Gasteiger partial charge in [0.25, 0.3) is 0 Å². The van der Waals surface area contributed by atoms with E-state index in [0.29, 0.717) is 6.04 Å². The molecule has 1 fully saturated rings. The molecule has 72 valence electrons. The number of fused-ring (bicyclic) bond motifs is 1. The molecule has 14 heavy (non-hydrogen) atoms. The van der Waals surface area contributed by atoms with Gasteiger partial charge in [-0.2, -0.15) is 0 Å². The molecule has 1 aromatic carbocycles. The minimum Gasteiger partial charge on any atom is -0.327 e. The summed E-state index contributed by atoms with van der Waals surface area (Å²) in [5.41, 5.74) is 2.21. The van der Waals surface area contributed by atoms with E-state index in [1.54, 1.807) is 0 Å². The van der Waals surface area contributed by atoms with Crippen LogP contribution in [-0.2, 0) is 0 Å². The summed E-state index contributed by atoms with van der Waals surface area (Å²) in [7, 11) is 0. The van der Waals surface area contributed by atoms with Crippen molar-refractivity contribution < 1.29 is 0 Å². The van der Waals surface area contributed by atoms with E-state index >= 15 is 0 Å². The Morgan fingerprint density at radius 1 is 1.43 bits per heavy atom. The molecule has 2 aromatic rings. The van der Waals surface area contributed by atoms with Gasteiger partial charge in [-0.25, -0.2) is 4.98 Å². The molecule has 0 unspecified atom stereocenters. The molecule has 4 heteroatoms. The van der Waals surface area contributed by atoms with Gasteiger partial charge < -0.3 is 4.57 Å². The second kappa shape index (κ2) is 3.10. The van der Waals surface area contributed by atoms with Crippen LogP contribution in [0.15, 0.2) is 18.5 Å². The van der Waals surface area contributed by atoms with Gasteiger partial charge >= 0.3 is 0 Å². The van der Waals surface area contributed by atoms with Crippen molar-refractivity contribution in [3.8, 4) is 0 Å². The lowest BCUT2D eigenvalue weighted by molar-refractivity contribution is 0.766. The predicted molar refractivity (Wildman–Crippen MR) is 65.7 cm³/mol. The Morgan fingerprint density at radius 2 is 2.21 bits per heavy atom. The van der Waals surface area contributed by atoms with Crippen LogP contribution in [-0.4, -0.2) is 9.55 Å². The van der Waals surface area contributed by atoms with E-state index < -0.39 is 0 Å². The molecule has 0 atom stereocenters. The standard InChI is InChI=1S/C10H8ClIN2/c11-7-3-10-9(4-8(7)12)13-5-14(10)6-1-2-6/h3-6H,1-2H2. The van der Waals surface area contributed by atoms with Gasteiger partial charge in [0, 0.05) is 9.61 Å². The Hall–Kier alpha value is -0.290. The maximum Gasteiger partial charge on any atom is 0.0960 e. The monoisotopic (exact) mass is 318 g/mol. The molecule has 3 rings (SSSR count). The summed E-state index contributed by atoms with van der Waals surface area (Å²) < 4.78 is 3.30. The molecule has 0 radical (unpaired) electrons.